The van der Waals surface area contributed by atoms with E-state index in [2.05, 4.69) is 72.2 Å². The molecule has 0 saturated carbocycles. The van der Waals surface area contributed by atoms with E-state index in [0.29, 0.717) is 6.04 Å². The van der Waals surface area contributed by atoms with Gasteiger partial charge in [0.05, 0.1) is 6.61 Å². The molecule has 2 nitrogen and oxygen atoms in total. The Morgan fingerprint density at radius 1 is 0.963 bits per heavy atom. The summed E-state index contributed by atoms with van der Waals surface area (Å²) in [5.41, 5.74) is 4.79. The number of aryl methyl sites for hydroxylation is 1. The summed E-state index contributed by atoms with van der Waals surface area (Å²) in [5, 5.41) is 9.44. The van der Waals surface area contributed by atoms with Gasteiger partial charge in [-0.25, -0.2) is 0 Å². The van der Waals surface area contributed by atoms with Gasteiger partial charge in [-0.1, -0.05) is 49.5 Å². The molecule has 27 heavy (non-hydrogen) atoms. The Bertz CT molecular complexity index is 743. The summed E-state index contributed by atoms with van der Waals surface area (Å²) in [6, 6.07) is 17.5. The van der Waals surface area contributed by atoms with Crippen molar-refractivity contribution in [3.63, 3.8) is 0 Å². The van der Waals surface area contributed by atoms with Crippen molar-refractivity contribution >= 4 is 12.4 Å². The third kappa shape index (κ3) is 6.40. The Labute approximate surface area is 170 Å². The highest BCUT2D eigenvalue weighted by atomic mass is 35.5. The lowest BCUT2D eigenvalue weighted by molar-refractivity contribution is 0.153. The zero-order valence-corrected chi connectivity index (χ0v) is 17.0. The molecular formula is C24H30ClNO. The van der Waals surface area contributed by atoms with Crippen LogP contribution >= 0.6 is 12.4 Å². The minimum Gasteiger partial charge on any atom is -0.395 e. The molecule has 144 valence electrons. The monoisotopic (exact) mass is 383 g/mol. The number of aliphatic hydroxyl groups excluding tert-OH is 1. The zero-order chi connectivity index (χ0) is 18.2. The molecule has 2 aromatic rings. The molecule has 1 N–H and O–H groups in total. The van der Waals surface area contributed by atoms with Gasteiger partial charge in [0.25, 0.3) is 0 Å². The second-order valence-electron chi connectivity index (χ2n) is 7.20. The van der Waals surface area contributed by atoms with Crippen molar-refractivity contribution in [3.8, 4) is 11.8 Å². The van der Waals surface area contributed by atoms with Crippen LogP contribution in [-0.2, 0) is 13.0 Å². The summed E-state index contributed by atoms with van der Waals surface area (Å²) in [6.45, 7) is 4.49. The maximum absolute atomic E-state index is 9.44. The molecule has 1 atom stereocenters. The van der Waals surface area contributed by atoms with Crippen LogP contribution in [0.15, 0.2) is 48.5 Å². The summed E-state index contributed by atoms with van der Waals surface area (Å²) in [6.07, 6.45) is 5.92. The summed E-state index contributed by atoms with van der Waals surface area (Å²) in [7, 11) is 0. The molecule has 0 aromatic heterocycles. The number of benzene rings is 2. The van der Waals surface area contributed by atoms with Crippen molar-refractivity contribution in [1.82, 2.24) is 4.90 Å². The van der Waals surface area contributed by atoms with Gasteiger partial charge in [0.1, 0.15) is 0 Å². The number of hydrogen-bond acceptors (Lipinski definition) is 2. The SMILES string of the molecule is CCCCc1ccc(C#Cc2ccc(CN3CCC[C@@H]3CO)cc2)cc1.Cl. The van der Waals surface area contributed by atoms with E-state index in [1.165, 1.54) is 30.4 Å². The van der Waals surface area contributed by atoms with Crippen LogP contribution in [0.5, 0.6) is 0 Å². The molecule has 1 saturated heterocycles. The average Bonchev–Trinajstić information content (AvgIpc) is 3.14. The second kappa shape index (κ2) is 11.1. The molecule has 0 spiro atoms. The smallest absolute Gasteiger partial charge is 0.0587 e. The molecule has 3 heteroatoms. The first kappa shape index (κ1) is 21.5. The van der Waals surface area contributed by atoms with Gasteiger partial charge in [-0.15, -0.1) is 12.4 Å². The molecule has 3 rings (SSSR count). The molecule has 2 aromatic carbocycles. The lowest BCUT2D eigenvalue weighted by Gasteiger charge is -2.22. The van der Waals surface area contributed by atoms with Crippen LogP contribution in [0.2, 0.25) is 0 Å². The third-order valence-corrected chi connectivity index (χ3v) is 5.17. The molecule has 1 heterocycles. The van der Waals surface area contributed by atoms with Gasteiger partial charge in [0.15, 0.2) is 0 Å². The Hall–Kier alpha value is -1.79. The fraction of sp³-hybridized carbons (Fsp3) is 0.417. The lowest BCUT2D eigenvalue weighted by atomic mass is 10.1. The van der Waals surface area contributed by atoms with Crippen LogP contribution in [0, 0.1) is 11.8 Å². The van der Waals surface area contributed by atoms with Crippen molar-refractivity contribution in [1.29, 1.82) is 0 Å². The van der Waals surface area contributed by atoms with Gasteiger partial charge in [0, 0.05) is 23.7 Å². The Morgan fingerprint density at radius 2 is 1.56 bits per heavy atom. The summed E-state index contributed by atoms with van der Waals surface area (Å²) >= 11 is 0. The minimum absolute atomic E-state index is 0. The normalized spacial score (nSPS) is 16.4. The van der Waals surface area contributed by atoms with Crippen molar-refractivity contribution in [3.05, 3.63) is 70.8 Å². The summed E-state index contributed by atoms with van der Waals surface area (Å²) in [5.74, 6) is 6.52. The number of aliphatic hydroxyl groups is 1. The molecule has 0 aliphatic carbocycles. The van der Waals surface area contributed by atoms with Gasteiger partial charge in [-0.3, -0.25) is 4.90 Å². The third-order valence-electron chi connectivity index (χ3n) is 5.17. The van der Waals surface area contributed by atoms with Gasteiger partial charge in [-0.2, -0.15) is 0 Å². The molecule has 0 amide bonds. The topological polar surface area (TPSA) is 23.5 Å². The van der Waals surface area contributed by atoms with Crippen molar-refractivity contribution < 1.29 is 5.11 Å². The van der Waals surface area contributed by atoms with E-state index in [4.69, 9.17) is 0 Å². The first-order valence-corrected chi connectivity index (χ1v) is 9.83. The highest BCUT2D eigenvalue weighted by Gasteiger charge is 2.23. The van der Waals surface area contributed by atoms with E-state index in [0.717, 1.165) is 37.1 Å². The fourth-order valence-corrected chi connectivity index (χ4v) is 3.52. The Kier molecular flexibility index (Phi) is 8.88. The summed E-state index contributed by atoms with van der Waals surface area (Å²) in [4.78, 5) is 2.38. The molecule has 0 bridgehead atoms. The van der Waals surface area contributed by atoms with E-state index >= 15 is 0 Å². The molecular weight excluding hydrogens is 354 g/mol. The van der Waals surface area contributed by atoms with Crippen LogP contribution in [0.1, 0.15) is 54.9 Å². The predicted octanol–water partition coefficient (Wildman–Crippen LogP) is 4.81. The van der Waals surface area contributed by atoms with Crippen LogP contribution in [-0.4, -0.2) is 29.2 Å². The molecule has 1 aliphatic heterocycles. The maximum atomic E-state index is 9.44. The van der Waals surface area contributed by atoms with E-state index in [1.807, 2.05) is 0 Å². The fourth-order valence-electron chi connectivity index (χ4n) is 3.52. The second-order valence-corrected chi connectivity index (χ2v) is 7.20. The van der Waals surface area contributed by atoms with E-state index < -0.39 is 0 Å². The molecule has 0 radical (unpaired) electrons. The largest absolute Gasteiger partial charge is 0.395 e. The van der Waals surface area contributed by atoms with Gasteiger partial charge in [0.2, 0.25) is 0 Å². The number of hydrogen-bond donors (Lipinski definition) is 1. The zero-order valence-electron chi connectivity index (χ0n) is 16.2. The Morgan fingerprint density at radius 3 is 2.11 bits per heavy atom. The standard InChI is InChI=1S/C24H29NO.ClH/c1-2-3-5-20-7-9-21(10-8-20)11-12-22-13-15-23(16-14-22)18-25-17-4-6-24(25)19-26;/h7-10,13-16,24,26H,2-6,17-19H2,1H3;1H/t24-;/m1./s1. The molecule has 1 aliphatic rings. The van der Waals surface area contributed by atoms with Gasteiger partial charge >= 0.3 is 0 Å². The number of likely N-dealkylation sites (tertiary alicyclic amines) is 1. The quantitative estimate of drug-likeness (QED) is 0.723. The van der Waals surface area contributed by atoms with Crippen molar-refractivity contribution in [2.24, 2.45) is 0 Å². The molecule has 0 unspecified atom stereocenters. The van der Waals surface area contributed by atoms with E-state index in [9.17, 15) is 5.11 Å². The summed E-state index contributed by atoms with van der Waals surface area (Å²) < 4.78 is 0. The van der Waals surface area contributed by atoms with E-state index in [1.54, 1.807) is 0 Å². The van der Waals surface area contributed by atoms with Crippen LogP contribution in [0.3, 0.4) is 0 Å². The highest BCUT2D eigenvalue weighted by Crippen LogP contribution is 2.19. The van der Waals surface area contributed by atoms with E-state index in [-0.39, 0.29) is 19.0 Å². The number of halogens is 1. The minimum atomic E-state index is 0. The van der Waals surface area contributed by atoms with Crippen LogP contribution < -0.4 is 0 Å². The predicted molar refractivity (Wildman–Crippen MR) is 115 cm³/mol. The highest BCUT2D eigenvalue weighted by molar-refractivity contribution is 5.85. The average molecular weight is 384 g/mol. The van der Waals surface area contributed by atoms with Gasteiger partial charge in [-0.05, 0) is 67.6 Å². The Balaban J connectivity index is 0.00000261. The lowest BCUT2D eigenvalue weighted by Crippen LogP contribution is -2.31. The number of rotatable bonds is 6. The first-order valence-electron chi connectivity index (χ1n) is 9.83. The van der Waals surface area contributed by atoms with Crippen molar-refractivity contribution in [2.45, 2.75) is 51.6 Å². The van der Waals surface area contributed by atoms with Crippen molar-refractivity contribution in [2.75, 3.05) is 13.2 Å². The maximum Gasteiger partial charge on any atom is 0.0587 e. The molecule has 1 fully saturated rings. The van der Waals surface area contributed by atoms with Gasteiger partial charge < -0.3 is 5.11 Å². The van der Waals surface area contributed by atoms with Crippen LogP contribution in [0.25, 0.3) is 0 Å². The first-order chi connectivity index (χ1) is 12.8. The number of unbranched alkanes of at least 4 members (excludes halogenated alkanes) is 1. The number of nitrogens with zero attached hydrogens (tertiary/aromatic N) is 1. The van der Waals surface area contributed by atoms with Crippen LogP contribution in [0.4, 0.5) is 0 Å².